The van der Waals surface area contributed by atoms with Crippen molar-refractivity contribution in [2.24, 2.45) is 0 Å². The molecule has 1 aromatic carbocycles. The summed E-state index contributed by atoms with van der Waals surface area (Å²) in [5.74, 6) is -0.416. The number of thioether (sulfide) groups is 1. The molecule has 0 atom stereocenters. The number of rotatable bonds is 7. The second-order valence-electron chi connectivity index (χ2n) is 3.75. The molecule has 0 aromatic heterocycles. The monoisotopic (exact) mass is 319 g/mol. The number of hydrogen-bond donors (Lipinski definition) is 2. The maximum Gasteiger partial charge on any atom is 0.282 e. The molecule has 0 radical (unpaired) electrons. The van der Waals surface area contributed by atoms with Crippen molar-refractivity contribution in [3.63, 3.8) is 0 Å². The van der Waals surface area contributed by atoms with Crippen LogP contribution in [-0.4, -0.2) is 36.7 Å². The zero-order valence-electron chi connectivity index (χ0n) is 11.3. The number of likely N-dealkylation sites (N-methyl/N-ethyl adjacent to an activating group) is 1. The first-order valence-corrected chi connectivity index (χ1v) is 7.14. The molecule has 0 aliphatic carbocycles. The van der Waals surface area contributed by atoms with E-state index in [-0.39, 0.29) is 23.7 Å². The Balaban J connectivity index is 0.00000361. The van der Waals surface area contributed by atoms with Crippen LogP contribution in [0.4, 0.5) is 5.69 Å². The van der Waals surface area contributed by atoms with Crippen molar-refractivity contribution in [2.45, 2.75) is 11.8 Å². The van der Waals surface area contributed by atoms with Crippen LogP contribution in [0.2, 0.25) is 0 Å². The molecule has 0 heterocycles. The molecule has 0 bridgehead atoms. The van der Waals surface area contributed by atoms with Crippen LogP contribution in [0.5, 0.6) is 0 Å². The van der Waals surface area contributed by atoms with Gasteiger partial charge in [0.1, 0.15) is 5.56 Å². The molecule has 8 heteroatoms. The van der Waals surface area contributed by atoms with E-state index < -0.39 is 10.8 Å². The number of nitrogens with one attached hydrogen (secondary N) is 2. The van der Waals surface area contributed by atoms with E-state index >= 15 is 0 Å². The standard InChI is InChI=1S/C12H17N3O3S.ClH/c1-3-13-6-7-14-12(16)10-8-9(19-2)4-5-11(10)15(17)18;/h4-5,8,13H,3,6-7H2,1-2H3,(H,14,16);1H. The molecule has 0 fully saturated rings. The minimum absolute atomic E-state index is 0. The van der Waals surface area contributed by atoms with E-state index in [1.807, 2.05) is 13.2 Å². The highest BCUT2D eigenvalue weighted by molar-refractivity contribution is 7.98. The molecule has 0 unspecified atom stereocenters. The van der Waals surface area contributed by atoms with Crippen LogP contribution in [-0.2, 0) is 0 Å². The summed E-state index contributed by atoms with van der Waals surface area (Å²) >= 11 is 1.44. The van der Waals surface area contributed by atoms with Crippen molar-refractivity contribution in [1.82, 2.24) is 10.6 Å². The Labute approximate surface area is 128 Å². The molecular formula is C12H18ClN3O3S. The highest BCUT2D eigenvalue weighted by Gasteiger charge is 2.20. The summed E-state index contributed by atoms with van der Waals surface area (Å²) in [6.45, 7) is 3.86. The Morgan fingerprint density at radius 1 is 1.40 bits per heavy atom. The Morgan fingerprint density at radius 2 is 2.10 bits per heavy atom. The lowest BCUT2D eigenvalue weighted by atomic mass is 10.1. The van der Waals surface area contributed by atoms with Gasteiger partial charge < -0.3 is 10.6 Å². The minimum Gasteiger partial charge on any atom is -0.351 e. The average Bonchev–Trinajstić information content (AvgIpc) is 2.42. The number of hydrogen-bond acceptors (Lipinski definition) is 5. The summed E-state index contributed by atoms with van der Waals surface area (Å²) in [5.41, 5.74) is -0.0629. The largest absolute Gasteiger partial charge is 0.351 e. The summed E-state index contributed by atoms with van der Waals surface area (Å²) in [6, 6.07) is 4.55. The predicted octanol–water partition coefficient (Wildman–Crippen LogP) is 2.08. The second-order valence-corrected chi connectivity index (χ2v) is 4.63. The van der Waals surface area contributed by atoms with Gasteiger partial charge in [-0.2, -0.15) is 0 Å². The molecule has 0 aliphatic heterocycles. The third kappa shape index (κ3) is 5.36. The van der Waals surface area contributed by atoms with Gasteiger partial charge in [-0.25, -0.2) is 0 Å². The molecule has 1 amide bonds. The van der Waals surface area contributed by atoms with Crippen LogP contribution in [0.3, 0.4) is 0 Å². The van der Waals surface area contributed by atoms with Gasteiger partial charge >= 0.3 is 0 Å². The van der Waals surface area contributed by atoms with E-state index in [4.69, 9.17) is 0 Å². The van der Waals surface area contributed by atoms with Crippen molar-refractivity contribution in [3.8, 4) is 0 Å². The van der Waals surface area contributed by atoms with Gasteiger partial charge in [-0.15, -0.1) is 24.2 Å². The van der Waals surface area contributed by atoms with E-state index in [0.29, 0.717) is 13.1 Å². The van der Waals surface area contributed by atoms with Crippen LogP contribution in [0.15, 0.2) is 23.1 Å². The molecular weight excluding hydrogens is 302 g/mol. The molecule has 1 aromatic rings. The van der Waals surface area contributed by atoms with E-state index in [0.717, 1.165) is 11.4 Å². The molecule has 0 saturated carbocycles. The number of nitrogens with zero attached hydrogens (tertiary/aromatic N) is 1. The molecule has 0 saturated heterocycles. The van der Waals surface area contributed by atoms with Gasteiger partial charge in [0.25, 0.3) is 11.6 Å². The predicted molar refractivity (Wildman–Crippen MR) is 83.0 cm³/mol. The summed E-state index contributed by atoms with van der Waals surface area (Å²) < 4.78 is 0. The second kappa shape index (κ2) is 9.57. The third-order valence-electron chi connectivity index (χ3n) is 2.48. The van der Waals surface area contributed by atoms with Gasteiger partial charge in [0, 0.05) is 24.1 Å². The van der Waals surface area contributed by atoms with Crippen molar-refractivity contribution in [1.29, 1.82) is 0 Å². The maximum atomic E-state index is 11.9. The first-order valence-electron chi connectivity index (χ1n) is 5.91. The molecule has 112 valence electrons. The van der Waals surface area contributed by atoms with Crippen molar-refractivity contribution < 1.29 is 9.72 Å². The summed E-state index contributed by atoms with van der Waals surface area (Å²) in [6.07, 6.45) is 1.86. The number of nitro groups is 1. The molecule has 2 N–H and O–H groups in total. The van der Waals surface area contributed by atoms with Crippen molar-refractivity contribution in [2.75, 3.05) is 25.9 Å². The summed E-state index contributed by atoms with van der Waals surface area (Å²) in [5, 5.41) is 16.6. The van der Waals surface area contributed by atoms with Gasteiger partial charge in [-0.05, 0) is 24.9 Å². The Morgan fingerprint density at radius 3 is 2.65 bits per heavy atom. The van der Waals surface area contributed by atoms with Crippen LogP contribution >= 0.6 is 24.2 Å². The van der Waals surface area contributed by atoms with E-state index in [1.54, 1.807) is 12.1 Å². The number of halogens is 1. The Kier molecular flexibility index (Phi) is 8.94. The number of carbonyl (C=O) groups is 1. The third-order valence-corrected chi connectivity index (χ3v) is 3.21. The normalized spacial score (nSPS) is 9.70. The number of carbonyl (C=O) groups excluding carboxylic acids is 1. The average molecular weight is 320 g/mol. The van der Waals surface area contributed by atoms with Gasteiger partial charge in [0.2, 0.25) is 0 Å². The van der Waals surface area contributed by atoms with Gasteiger partial charge in [0.05, 0.1) is 4.92 Å². The highest BCUT2D eigenvalue weighted by Crippen LogP contribution is 2.24. The van der Waals surface area contributed by atoms with Crippen LogP contribution in [0, 0.1) is 10.1 Å². The fourth-order valence-corrected chi connectivity index (χ4v) is 1.96. The van der Waals surface area contributed by atoms with Crippen LogP contribution < -0.4 is 10.6 Å². The fraction of sp³-hybridized carbons (Fsp3) is 0.417. The summed E-state index contributed by atoms with van der Waals surface area (Å²) in [4.78, 5) is 23.1. The van der Waals surface area contributed by atoms with E-state index in [9.17, 15) is 14.9 Å². The molecule has 20 heavy (non-hydrogen) atoms. The lowest BCUT2D eigenvalue weighted by Gasteiger charge is -2.07. The molecule has 6 nitrogen and oxygen atoms in total. The van der Waals surface area contributed by atoms with Crippen LogP contribution in [0.25, 0.3) is 0 Å². The first kappa shape index (κ1) is 18.7. The fourth-order valence-electron chi connectivity index (χ4n) is 1.52. The lowest BCUT2D eigenvalue weighted by Crippen LogP contribution is -2.32. The maximum absolute atomic E-state index is 11.9. The Bertz CT molecular complexity index is 471. The lowest BCUT2D eigenvalue weighted by molar-refractivity contribution is -0.385. The SMILES string of the molecule is CCNCCNC(=O)c1cc(SC)ccc1[N+](=O)[O-].Cl. The smallest absolute Gasteiger partial charge is 0.282 e. The zero-order valence-corrected chi connectivity index (χ0v) is 13.0. The number of nitro benzene ring substituents is 1. The minimum atomic E-state index is -0.538. The number of benzene rings is 1. The van der Waals surface area contributed by atoms with Gasteiger partial charge in [0.15, 0.2) is 0 Å². The summed E-state index contributed by atoms with van der Waals surface area (Å²) in [7, 11) is 0. The van der Waals surface area contributed by atoms with E-state index in [2.05, 4.69) is 10.6 Å². The molecule has 1 rings (SSSR count). The molecule has 0 spiro atoms. The van der Waals surface area contributed by atoms with Crippen molar-refractivity contribution >= 4 is 35.8 Å². The zero-order chi connectivity index (χ0) is 14.3. The number of amides is 1. The topological polar surface area (TPSA) is 84.3 Å². The Hall–Kier alpha value is -1.31. The van der Waals surface area contributed by atoms with Crippen LogP contribution in [0.1, 0.15) is 17.3 Å². The highest BCUT2D eigenvalue weighted by atomic mass is 35.5. The first-order chi connectivity index (χ1) is 9.10. The van der Waals surface area contributed by atoms with Gasteiger partial charge in [-0.3, -0.25) is 14.9 Å². The van der Waals surface area contributed by atoms with Crippen molar-refractivity contribution in [3.05, 3.63) is 33.9 Å². The quantitative estimate of drug-likeness (QED) is 0.348. The van der Waals surface area contributed by atoms with Gasteiger partial charge in [-0.1, -0.05) is 6.92 Å². The van der Waals surface area contributed by atoms with E-state index in [1.165, 1.54) is 17.8 Å². The molecule has 0 aliphatic rings.